The number of aliphatic hydroxyl groups is 1. The molecule has 0 amide bonds. The first kappa shape index (κ1) is 14.9. The number of ether oxygens (including phenoxy) is 1. The topological polar surface area (TPSA) is 29.5 Å². The quantitative estimate of drug-likeness (QED) is 0.870. The van der Waals surface area contributed by atoms with E-state index < -0.39 is 0 Å². The minimum absolute atomic E-state index is 0.0462. The van der Waals surface area contributed by atoms with Gasteiger partial charge in [0.25, 0.3) is 0 Å². The fourth-order valence-electron chi connectivity index (χ4n) is 2.79. The molecule has 1 N–H and O–H groups in total. The third-order valence-corrected chi connectivity index (χ3v) is 4.60. The van der Waals surface area contributed by atoms with Crippen molar-refractivity contribution in [3.63, 3.8) is 0 Å². The Morgan fingerprint density at radius 1 is 1.24 bits per heavy atom. The van der Waals surface area contributed by atoms with Crippen molar-refractivity contribution in [2.24, 2.45) is 0 Å². The van der Waals surface area contributed by atoms with E-state index in [0.29, 0.717) is 6.61 Å². The summed E-state index contributed by atoms with van der Waals surface area (Å²) in [7, 11) is 0. The van der Waals surface area contributed by atoms with E-state index in [1.54, 1.807) is 0 Å². The summed E-state index contributed by atoms with van der Waals surface area (Å²) < 4.78 is 6.77. The second-order valence-electron chi connectivity index (χ2n) is 5.29. The molecule has 1 unspecified atom stereocenters. The lowest BCUT2D eigenvalue weighted by molar-refractivity contribution is 0.263. The van der Waals surface area contributed by atoms with Gasteiger partial charge in [-0.1, -0.05) is 39.7 Å². The van der Waals surface area contributed by atoms with Gasteiger partial charge in [-0.2, -0.15) is 0 Å². The van der Waals surface area contributed by atoms with Crippen LogP contribution in [-0.2, 0) is 12.8 Å². The Balaban J connectivity index is 1.89. The predicted octanol–water partition coefficient (Wildman–Crippen LogP) is 4.36. The van der Waals surface area contributed by atoms with Gasteiger partial charge in [0.1, 0.15) is 5.75 Å². The maximum Gasteiger partial charge on any atom is 0.125 e. The number of hydrogen-bond acceptors (Lipinski definition) is 2. The summed E-state index contributed by atoms with van der Waals surface area (Å²) in [6.45, 7) is 0.813. The van der Waals surface area contributed by atoms with Crippen LogP contribution in [0.25, 0.3) is 0 Å². The molecule has 1 aliphatic heterocycles. The Morgan fingerprint density at radius 3 is 2.71 bits per heavy atom. The van der Waals surface area contributed by atoms with Crippen LogP contribution in [0.2, 0.25) is 5.02 Å². The molecule has 2 aromatic rings. The molecule has 0 fully saturated rings. The molecule has 0 aromatic heterocycles. The molecule has 110 valence electrons. The SMILES string of the molecule is OCC(Cc1cc(Cl)cc2c1OCC2)c1ccc(Br)cc1. The van der Waals surface area contributed by atoms with Crippen LogP contribution in [0, 0.1) is 0 Å². The van der Waals surface area contributed by atoms with Crippen molar-refractivity contribution in [2.45, 2.75) is 18.8 Å². The molecule has 0 saturated carbocycles. The lowest BCUT2D eigenvalue weighted by Crippen LogP contribution is -2.08. The second kappa shape index (κ2) is 6.39. The smallest absolute Gasteiger partial charge is 0.125 e. The maximum atomic E-state index is 9.74. The van der Waals surface area contributed by atoms with Crippen LogP contribution in [0.3, 0.4) is 0 Å². The van der Waals surface area contributed by atoms with E-state index in [0.717, 1.165) is 39.2 Å². The fourth-order valence-corrected chi connectivity index (χ4v) is 3.31. The minimum atomic E-state index is 0.0462. The fraction of sp³-hybridized carbons (Fsp3) is 0.294. The predicted molar refractivity (Wildman–Crippen MR) is 88.3 cm³/mol. The molecule has 1 aliphatic rings. The Bertz CT molecular complexity index is 640. The number of halogens is 2. The van der Waals surface area contributed by atoms with Crippen LogP contribution in [0.1, 0.15) is 22.6 Å². The van der Waals surface area contributed by atoms with Gasteiger partial charge in [-0.05, 0) is 47.4 Å². The van der Waals surface area contributed by atoms with Gasteiger partial charge >= 0.3 is 0 Å². The first-order valence-electron chi connectivity index (χ1n) is 6.98. The van der Waals surface area contributed by atoms with Gasteiger partial charge in [0.2, 0.25) is 0 Å². The molecule has 21 heavy (non-hydrogen) atoms. The largest absolute Gasteiger partial charge is 0.493 e. The highest BCUT2D eigenvalue weighted by Gasteiger charge is 2.21. The van der Waals surface area contributed by atoms with Crippen molar-refractivity contribution in [3.8, 4) is 5.75 Å². The molecule has 0 saturated heterocycles. The Labute approximate surface area is 137 Å². The molecule has 0 bridgehead atoms. The normalized spacial score (nSPS) is 14.6. The first-order valence-corrected chi connectivity index (χ1v) is 8.15. The van der Waals surface area contributed by atoms with E-state index >= 15 is 0 Å². The second-order valence-corrected chi connectivity index (χ2v) is 6.64. The zero-order valence-corrected chi connectivity index (χ0v) is 13.8. The maximum absolute atomic E-state index is 9.74. The van der Waals surface area contributed by atoms with E-state index in [1.807, 2.05) is 36.4 Å². The van der Waals surface area contributed by atoms with Gasteiger partial charge < -0.3 is 9.84 Å². The molecular formula is C17H16BrClO2. The molecule has 4 heteroatoms. The number of fused-ring (bicyclic) bond motifs is 1. The van der Waals surface area contributed by atoms with Gasteiger partial charge in [0.05, 0.1) is 13.2 Å². The lowest BCUT2D eigenvalue weighted by atomic mass is 9.91. The van der Waals surface area contributed by atoms with Crippen LogP contribution < -0.4 is 4.74 Å². The van der Waals surface area contributed by atoms with Crippen molar-refractivity contribution < 1.29 is 9.84 Å². The zero-order chi connectivity index (χ0) is 14.8. The number of benzene rings is 2. The minimum Gasteiger partial charge on any atom is -0.493 e. The van der Waals surface area contributed by atoms with Crippen molar-refractivity contribution >= 4 is 27.5 Å². The Kier molecular flexibility index (Phi) is 4.53. The van der Waals surface area contributed by atoms with Crippen molar-refractivity contribution in [1.29, 1.82) is 0 Å². The monoisotopic (exact) mass is 366 g/mol. The molecule has 1 atom stereocenters. The summed E-state index contributed by atoms with van der Waals surface area (Å²) in [6.07, 6.45) is 1.63. The molecule has 0 radical (unpaired) electrons. The zero-order valence-electron chi connectivity index (χ0n) is 11.5. The van der Waals surface area contributed by atoms with E-state index in [9.17, 15) is 5.11 Å². The summed E-state index contributed by atoms with van der Waals surface area (Å²) in [5.74, 6) is 1.000. The van der Waals surface area contributed by atoms with Gasteiger partial charge in [0.15, 0.2) is 0 Å². The molecule has 0 aliphatic carbocycles. The highest BCUT2D eigenvalue weighted by molar-refractivity contribution is 9.10. The highest BCUT2D eigenvalue weighted by Crippen LogP contribution is 2.35. The first-order chi connectivity index (χ1) is 10.2. The van der Waals surface area contributed by atoms with Gasteiger partial charge in [-0.25, -0.2) is 0 Å². The molecule has 0 spiro atoms. The van der Waals surface area contributed by atoms with E-state index in [2.05, 4.69) is 15.9 Å². The summed E-state index contributed by atoms with van der Waals surface area (Å²) >= 11 is 9.63. The number of rotatable bonds is 4. The molecule has 1 heterocycles. The third kappa shape index (κ3) is 3.25. The highest BCUT2D eigenvalue weighted by atomic mass is 79.9. The Morgan fingerprint density at radius 2 is 2.00 bits per heavy atom. The van der Waals surface area contributed by atoms with Crippen molar-refractivity contribution in [2.75, 3.05) is 13.2 Å². The lowest BCUT2D eigenvalue weighted by Gasteiger charge is -2.17. The number of aliphatic hydroxyl groups excluding tert-OH is 1. The average Bonchev–Trinajstić information content (AvgIpc) is 2.94. The standard InChI is InChI=1S/C17H16BrClO2/c18-15-3-1-11(2-4-15)14(10-20)7-13-9-16(19)8-12-5-6-21-17(12)13/h1-4,8-9,14,20H,5-7,10H2. The van der Waals surface area contributed by atoms with Gasteiger partial charge in [-0.15, -0.1) is 0 Å². The third-order valence-electron chi connectivity index (χ3n) is 3.85. The number of hydrogen-bond donors (Lipinski definition) is 1. The molecular weight excluding hydrogens is 352 g/mol. The Hall–Kier alpha value is -1.03. The van der Waals surface area contributed by atoms with Gasteiger partial charge in [-0.3, -0.25) is 0 Å². The summed E-state index contributed by atoms with van der Waals surface area (Å²) in [4.78, 5) is 0. The van der Waals surface area contributed by atoms with Crippen LogP contribution in [0.5, 0.6) is 5.75 Å². The van der Waals surface area contributed by atoms with E-state index in [4.69, 9.17) is 16.3 Å². The van der Waals surface area contributed by atoms with Crippen LogP contribution >= 0.6 is 27.5 Å². The molecule has 3 rings (SSSR count). The van der Waals surface area contributed by atoms with Crippen LogP contribution in [0.4, 0.5) is 0 Å². The summed E-state index contributed by atoms with van der Waals surface area (Å²) in [5, 5.41) is 10.5. The summed E-state index contributed by atoms with van der Waals surface area (Å²) in [5.41, 5.74) is 3.37. The van der Waals surface area contributed by atoms with Crippen LogP contribution in [-0.4, -0.2) is 18.3 Å². The van der Waals surface area contributed by atoms with E-state index in [1.165, 1.54) is 5.56 Å². The average molecular weight is 368 g/mol. The van der Waals surface area contributed by atoms with Crippen molar-refractivity contribution in [3.05, 3.63) is 62.6 Å². The van der Waals surface area contributed by atoms with Crippen LogP contribution in [0.15, 0.2) is 40.9 Å². The summed E-state index contributed by atoms with van der Waals surface area (Å²) in [6, 6.07) is 12.0. The molecule has 2 nitrogen and oxygen atoms in total. The van der Waals surface area contributed by atoms with Crippen molar-refractivity contribution in [1.82, 2.24) is 0 Å². The van der Waals surface area contributed by atoms with E-state index in [-0.39, 0.29) is 12.5 Å². The van der Waals surface area contributed by atoms with Gasteiger partial charge in [0, 0.05) is 21.8 Å². The molecule has 2 aromatic carbocycles.